The Balaban J connectivity index is 4.11. The zero-order valence-electron chi connectivity index (χ0n) is 10.0. The van der Waals surface area contributed by atoms with Crippen molar-refractivity contribution >= 4 is 33.5 Å². The van der Waals surface area contributed by atoms with Crippen molar-refractivity contribution < 1.29 is 19.4 Å². The van der Waals surface area contributed by atoms with Crippen molar-refractivity contribution in [3.05, 3.63) is 0 Å². The molecule has 0 spiro atoms. The highest BCUT2D eigenvalue weighted by Crippen LogP contribution is 2.37. The SMILES string of the molecule is COC(=O)[C@@H](N)CSSC(C)(C)[C@H](N)C(=O)O. The topological polar surface area (TPSA) is 116 Å². The van der Waals surface area contributed by atoms with Crippen LogP contribution in [0.25, 0.3) is 0 Å². The van der Waals surface area contributed by atoms with Crippen molar-refractivity contribution in [2.75, 3.05) is 12.9 Å². The Hall–Kier alpha value is -0.440. The lowest BCUT2D eigenvalue weighted by molar-refractivity contribution is -0.141. The Kier molecular flexibility index (Phi) is 6.91. The Morgan fingerprint density at radius 3 is 2.35 bits per heavy atom. The van der Waals surface area contributed by atoms with Gasteiger partial charge in [0.25, 0.3) is 0 Å². The van der Waals surface area contributed by atoms with Gasteiger partial charge in [0.15, 0.2) is 0 Å². The van der Waals surface area contributed by atoms with Gasteiger partial charge >= 0.3 is 11.9 Å². The molecule has 0 aliphatic rings. The third-order valence-corrected chi connectivity index (χ3v) is 5.39. The van der Waals surface area contributed by atoms with Gasteiger partial charge < -0.3 is 21.3 Å². The van der Waals surface area contributed by atoms with Crippen LogP contribution in [0.2, 0.25) is 0 Å². The highest BCUT2D eigenvalue weighted by atomic mass is 33.1. The molecular formula is C9H18N2O4S2. The molecule has 0 fully saturated rings. The largest absolute Gasteiger partial charge is 0.480 e. The molecule has 5 N–H and O–H groups in total. The molecule has 0 saturated heterocycles. The maximum absolute atomic E-state index is 11.0. The van der Waals surface area contributed by atoms with Gasteiger partial charge in [-0.3, -0.25) is 9.59 Å². The van der Waals surface area contributed by atoms with Gasteiger partial charge in [0, 0.05) is 10.5 Å². The zero-order valence-corrected chi connectivity index (χ0v) is 11.6. The summed E-state index contributed by atoms with van der Waals surface area (Å²) in [4.78, 5) is 21.8. The zero-order chi connectivity index (χ0) is 13.6. The molecule has 0 rings (SSSR count). The summed E-state index contributed by atoms with van der Waals surface area (Å²) in [6.07, 6.45) is 0. The minimum Gasteiger partial charge on any atom is -0.480 e. The summed E-state index contributed by atoms with van der Waals surface area (Å²) in [5, 5.41) is 8.81. The molecule has 6 nitrogen and oxygen atoms in total. The Morgan fingerprint density at radius 1 is 1.41 bits per heavy atom. The number of carboxylic acid groups (broad SMARTS) is 1. The molecular weight excluding hydrogens is 264 g/mol. The fraction of sp³-hybridized carbons (Fsp3) is 0.778. The van der Waals surface area contributed by atoms with Crippen molar-refractivity contribution in [3.8, 4) is 0 Å². The van der Waals surface area contributed by atoms with E-state index >= 15 is 0 Å². The second-order valence-corrected chi connectivity index (χ2v) is 6.91. The molecule has 0 aliphatic heterocycles. The molecule has 0 heterocycles. The fourth-order valence-corrected chi connectivity index (χ4v) is 3.55. The molecule has 0 aromatic carbocycles. The third-order valence-electron chi connectivity index (χ3n) is 2.04. The summed E-state index contributed by atoms with van der Waals surface area (Å²) >= 11 is 0. The van der Waals surface area contributed by atoms with E-state index in [-0.39, 0.29) is 0 Å². The number of aliphatic carboxylic acids is 1. The van der Waals surface area contributed by atoms with Crippen LogP contribution in [0.4, 0.5) is 0 Å². The van der Waals surface area contributed by atoms with E-state index in [1.807, 2.05) is 0 Å². The molecule has 0 amide bonds. The van der Waals surface area contributed by atoms with Gasteiger partial charge in [-0.05, 0) is 13.8 Å². The molecule has 0 unspecified atom stereocenters. The first-order chi connectivity index (χ1) is 7.72. The van der Waals surface area contributed by atoms with E-state index in [2.05, 4.69) is 4.74 Å². The Labute approximate surface area is 108 Å². The number of ether oxygens (including phenoxy) is 1. The van der Waals surface area contributed by atoms with Gasteiger partial charge in [0.1, 0.15) is 12.1 Å². The predicted molar refractivity (Wildman–Crippen MR) is 69.7 cm³/mol. The number of hydrogen-bond donors (Lipinski definition) is 3. The van der Waals surface area contributed by atoms with Gasteiger partial charge in [0.2, 0.25) is 0 Å². The van der Waals surface area contributed by atoms with E-state index in [1.54, 1.807) is 13.8 Å². The Bertz CT molecular complexity index is 286. The summed E-state index contributed by atoms with van der Waals surface area (Å²) in [7, 11) is 3.87. The van der Waals surface area contributed by atoms with E-state index < -0.39 is 28.8 Å². The highest BCUT2D eigenvalue weighted by Gasteiger charge is 2.33. The van der Waals surface area contributed by atoms with Crippen LogP contribution in [0.5, 0.6) is 0 Å². The number of carboxylic acids is 1. The summed E-state index contributed by atoms with van der Waals surface area (Å²) < 4.78 is 3.83. The molecule has 100 valence electrons. The minimum absolute atomic E-state index is 0.340. The van der Waals surface area contributed by atoms with Crippen molar-refractivity contribution in [2.24, 2.45) is 11.5 Å². The summed E-state index contributed by atoms with van der Waals surface area (Å²) in [6, 6.07) is -1.69. The lowest BCUT2D eigenvalue weighted by Gasteiger charge is -2.27. The summed E-state index contributed by atoms with van der Waals surface area (Å²) in [5.74, 6) is -1.20. The van der Waals surface area contributed by atoms with Crippen molar-refractivity contribution in [1.29, 1.82) is 0 Å². The van der Waals surface area contributed by atoms with Crippen molar-refractivity contribution in [1.82, 2.24) is 0 Å². The van der Waals surface area contributed by atoms with Crippen LogP contribution < -0.4 is 11.5 Å². The number of rotatable bonds is 7. The van der Waals surface area contributed by atoms with Crippen molar-refractivity contribution in [2.45, 2.75) is 30.7 Å². The van der Waals surface area contributed by atoms with Gasteiger partial charge in [-0.15, -0.1) is 0 Å². The van der Waals surface area contributed by atoms with Crippen molar-refractivity contribution in [3.63, 3.8) is 0 Å². The van der Waals surface area contributed by atoms with Crippen LogP contribution in [-0.4, -0.2) is 46.7 Å². The first-order valence-electron chi connectivity index (χ1n) is 4.84. The molecule has 0 aromatic rings. The molecule has 2 atom stereocenters. The number of esters is 1. The van der Waals surface area contributed by atoms with Crippen LogP contribution in [0.3, 0.4) is 0 Å². The van der Waals surface area contributed by atoms with Gasteiger partial charge in [-0.2, -0.15) is 0 Å². The average molecular weight is 282 g/mol. The number of carbonyl (C=O) groups is 2. The fourth-order valence-electron chi connectivity index (χ4n) is 0.828. The standard InChI is InChI=1S/C9H18N2O4S2/c1-9(2,6(11)7(12)13)17-16-4-5(10)8(14)15-3/h5-6H,4,10-11H2,1-3H3,(H,12,13)/t5-,6+/m0/s1. The predicted octanol–water partition coefficient (Wildman–Crippen LogP) is 0.0586. The molecule has 17 heavy (non-hydrogen) atoms. The van der Waals surface area contributed by atoms with E-state index in [9.17, 15) is 9.59 Å². The molecule has 0 bridgehead atoms. The monoisotopic (exact) mass is 282 g/mol. The average Bonchev–Trinajstić information content (AvgIpc) is 2.26. The van der Waals surface area contributed by atoms with Crippen LogP contribution in [0.1, 0.15) is 13.8 Å². The van der Waals surface area contributed by atoms with Crippen LogP contribution in [-0.2, 0) is 14.3 Å². The first kappa shape index (κ1) is 16.6. The van der Waals surface area contributed by atoms with Gasteiger partial charge in [-0.25, -0.2) is 0 Å². The van der Waals surface area contributed by atoms with Crippen LogP contribution in [0, 0.1) is 0 Å². The first-order valence-corrected chi connectivity index (χ1v) is 7.16. The number of hydrogen-bond acceptors (Lipinski definition) is 7. The summed E-state index contributed by atoms with van der Waals surface area (Å²) in [5.41, 5.74) is 11.1. The number of methoxy groups -OCH3 is 1. The smallest absolute Gasteiger partial charge is 0.323 e. The number of carbonyl (C=O) groups excluding carboxylic acids is 1. The van der Waals surface area contributed by atoms with E-state index in [1.165, 1.54) is 28.7 Å². The molecule has 0 aromatic heterocycles. The van der Waals surface area contributed by atoms with Crippen LogP contribution >= 0.6 is 21.6 Å². The third kappa shape index (κ3) is 5.62. The highest BCUT2D eigenvalue weighted by molar-refractivity contribution is 8.77. The van der Waals surface area contributed by atoms with E-state index in [4.69, 9.17) is 16.6 Å². The quantitative estimate of drug-likeness (QED) is 0.443. The van der Waals surface area contributed by atoms with Gasteiger partial charge in [-0.1, -0.05) is 21.6 Å². The molecule has 0 aliphatic carbocycles. The maximum atomic E-state index is 11.0. The minimum atomic E-state index is -1.06. The second kappa shape index (κ2) is 7.10. The summed E-state index contributed by atoms with van der Waals surface area (Å²) in [6.45, 7) is 3.46. The van der Waals surface area contributed by atoms with E-state index in [0.717, 1.165) is 0 Å². The van der Waals surface area contributed by atoms with Gasteiger partial charge in [0.05, 0.1) is 7.11 Å². The lowest BCUT2D eigenvalue weighted by Crippen LogP contribution is -2.46. The lowest BCUT2D eigenvalue weighted by atomic mass is 10.1. The van der Waals surface area contributed by atoms with Crippen LogP contribution in [0.15, 0.2) is 0 Å². The molecule has 8 heteroatoms. The number of nitrogens with two attached hydrogens (primary N) is 2. The Morgan fingerprint density at radius 2 is 1.94 bits per heavy atom. The second-order valence-electron chi connectivity index (χ2n) is 3.92. The molecule has 0 radical (unpaired) electrons. The van der Waals surface area contributed by atoms with E-state index in [0.29, 0.717) is 5.75 Å². The maximum Gasteiger partial charge on any atom is 0.323 e. The molecule has 0 saturated carbocycles. The normalized spacial score (nSPS) is 15.1.